The molecule has 3 N–H and O–H groups in total. The van der Waals surface area contributed by atoms with Gasteiger partial charge in [0.1, 0.15) is 5.82 Å². The molecule has 0 fully saturated rings. The van der Waals surface area contributed by atoms with E-state index in [1.807, 2.05) is 56.7 Å². The lowest BCUT2D eigenvalue weighted by Crippen LogP contribution is -2.11. The fraction of sp³-hybridized carbons (Fsp3) is 0.103. The molecular formula is C29H24N6OS. The summed E-state index contributed by atoms with van der Waals surface area (Å²) in [5.41, 5.74) is 14.1. The molecule has 8 heteroatoms. The van der Waals surface area contributed by atoms with Crippen LogP contribution in [-0.4, -0.2) is 20.7 Å². The summed E-state index contributed by atoms with van der Waals surface area (Å²) in [7, 11) is 1.88. The van der Waals surface area contributed by atoms with E-state index in [9.17, 15) is 10.1 Å². The summed E-state index contributed by atoms with van der Waals surface area (Å²) in [6, 6.07) is 15.5. The van der Waals surface area contributed by atoms with Crippen molar-refractivity contribution in [3.63, 3.8) is 0 Å². The van der Waals surface area contributed by atoms with E-state index in [0.29, 0.717) is 22.6 Å². The van der Waals surface area contributed by atoms with Gasteiger partial charge in [-0.3, -0.25) is 9.48 Å². The molecule has 0 saturated carbocycles. The number of rotatable bonds is 5. The molecule has 0 bridgehead atoms. The monoisotopic (exact) mass is 504 g/mol. The van der Waals surface area contributed by atoms with Crippen LogP contribution in [0.4, 0.5) is 11.5 Å². The molecule has 3 aromatic heterocycles. The lowest BCUT2D eigenvalue weighted by Gasteiger charge is -2.12. The van der Waals surface area contributed by atoms with Crippen molar-refractivity contribution >= 4 is 38.8 Å². The van der Waals surface area contributed by atoms with Crippen LogP contribution in [0.15, 0.2) is 73.2 Å². The summed E-state index contributed by atoms with van der Waals surface area (Å²) in [6.45, 7) is 7.40. The zero-order valence-electron chi connectivity index (χ0n) is 20.7. The Morgan fingerprint density at radius 1 is 1.14 bits per heavy atom. The highest BCUT2D eigenvalue weighted by Gasteiger charge is 2.23. The van der Waals surface area contributed by atoms with Crippen molar-refractivity contribution in [3.8, 4) is 38.8 Å². The molecule has 0 aliphatic carbocycles. The number of anilines is 2. The summed E-state index contributed by atoms with van der Waals surface area (Å²) in [5, 5.41) is 17.4. The first-order valence-electron chi connectivity index (χ1n) is 11.5. The van der Waals surface area contributed by atoms with Crippen LogP contribution in [0, 0.1) is 18.3 Å². The zero-order chi connectivity index (χ0) is 26.3. The molecule has 37 heavy (non-hydrogen) atoms. The Labute approximate surface area is 218 Å². The highest BCUT2D eigenvalue weighted by atomic mass is 32.1. The van der Waals surface area contributed by atoms with E-state index in [0.717, 1.165) is 48.3 Å². The Morgan fingerprint density at radius 3 is 2.51 bits per heavy atom. The van der Waals surface area contributed by atoms with Crippen molar-refractivity contribution in [1.29, 1.82) is 5.26 Å². The number of benzene rings is 2. The Hall–Kier alpha value is -4.74. The molecule has 0 radical (unpaired) electrons. The number of hydrogen-bond acceptors (Lipinski definition) is 6. The summed E-state index contributed by atoms with van der Waals surface area (Å²) in [5.74, 6) is 0.222. The molecule has 7 nitrogen and oxygen atoms in total. The van der Waals surface area contributed by atoms with Gasteiger partial charge in [-0.25, -0.2) is 4.98 Å². The standard InChI is InChI=1S/C29H24N6OS/c1-16(2)29(36)34-21-9-10-22(17(3)11-21)26-24(19-7-5-18(12-30)6-8-19)25-27(37-26)23(14-32-28(25)31)20-13-33-35(4)15-20/h5-11,13-15H,1H2,2-4H3,(H2,31,32)(H,34,36). The molecule has 0 unspecified atom stereocenters. The Kier molecular flexibility index (Phi) is 6.07. The first kappa shape index (κ1) is 24.0. The summed E-state index contributed by atoms with van der Waals surface area (Å²) >= 11 is 1.64. The third kappa shape index (κ3) is 4.37. The molecule has 0 aliphatic heterocycles. The average Bonchev–Trinajstić information content (AvgIpc) is 3.49. The summed E-state index contributed by atoms with van der Waals surface area (Å²) in [4.78, 5) is 17.7. The Balaban J connectivity index is 1.77. The molecule has 1 amide bonds. The molecule has 3 heterocycles. The topological polar surface area (TPSA) is 110 Å². The lowest BCUT2D eigenvalue weighted by molar-refractivity contribution is -0.112. The van der Waals surface area contributed by atoms with Crippen LogP contribution >= 0.6 is 11.3 Å². The van der Waals surface area contributed by atoms with Gasteiger partial charge in [0.2, 0.25) is 0 Å². The molecule has 0 saturated heterocycles. The number of thiophene rings is 1. The van der Waals surface area contributed by atoms with E-state index in [2.05, 4.69) is 28.0 Å². The number of nitriles is 1. The first-order valence-corrected chi connectivity index (χ1v) is 12.4. The predicted molar refractivity (Wildman–Crippen MR) is 150 cm³/mol. The number of amides is 1. The van der Waals surface area contributed by atoms with Crippen LogP contribution in [0.25, 0.3) is 42.8 Å². The smallest absolute Gasteiger partial charge is 0.250 e. The van der Waals surface area contributed by atoms with E-state index in [-0.39, 0.29) is 5.91 Å². The number of aryl methyl sites for hydroxylation is 2. The first-order chi connectivity index (χ1) is 17.8. The second-order valence-electron chi connectivity index (χ2n) is 8.92. The zero-order valence-corrected chi connectivity index (χ0v) is 21.5. The van der Waals surface area contributed by atoms with Crippen LogP contribution < -0.4 is 11.1 Å². The SMILES string of the molecule is C=C(C)C(=O)Nc1ccc(-c2sc3c(-c4cnn(C)c4)cnc(N)c3c2-c2ccc(C#N)cc2)c(C)c1. The maximum absolute atomic E-state index is 12.1. The van der Waals surface area contributed by atoms with Crippen LogP contribution in [0.3, 0.4) is 0 Å². The molecule has 0 aliphatic rings. The van der Waals surface area contributed by atoms with Gasteiger partial charge in [-0.15, -0.1) is 11.3 Å². The van der Waals surface area contributed by atoms with Gasteiger partial charge in [-0.2, -0.15) is 10.4 Å². The van der Waals surface area contributed by atoms with Crippen LogP contribution in [-0.2, 0) is 11.8 Å². The maximum atomic E-state index is 12.1. The van der Waals surface area contributed by atoms with E-state index < -0.39 is 0 Å². The van der Waals surface area contributed by atoms with Gasteiger partial charge in [-0.05, 0) is 54.8 Å². The minimum atomic E-state index is -0.216. The number of fused-ring (bicyclic) bond motifs is 1. The van der Waals surface area contributed by atoms with Crippen LogP contribution in [0.5, 0.6) is 0 Å². The number of pyridine rings is 1. The third-order valence-corrected chi connectivity index (χ3v) is 7.43. The minimum Gasteiger partial charge on any atom is -0.383 e. The van der Waals surface area contributed by atoms with Crippen LogP contribution in [0.2, 0.25) is 0 Å². The highest BCUT2D eigenvalue weighted by Crippen LogP contribution is 2.50. The van der Waals surface area contributed by atoms with E-state index in [4.69, 9.17) is 5.73 Å². The number of nitrogens with one attached hydrogen (secondary N) is 1. The van der Waals surface area contributed by atoms with Crippen molar-refractivity contribution in [2.75, 3.05) is 11.1 Å². The van der Waals surface area contributed by atoms with Gasteiger partial charge < -0.3 is 11.1 Å². The number of hydrogen-bond donors (Lipinski definition) is 2. The highest BCUT2D eigenvalue weighted by molar-refractivity contribution is 7.23. The number of carbonyl (C=O) groups excluding carboxylic acids is 1. The van der Waals surface area contributed by atoms with Crippen molar-refractivity contribution in [2.24, 2.45) is 7.05 Å². The van der Waals surface area contributed by atoms with E-state index in [1.165, 1.54) is 0 Å². The predicted octanol–water partition coefficient (Wildman–Crippen LogP) is 6.31. The molecule has 5 rings (SSSR count). The lowest BCUT2D eigenvalue weighted by atomic mass is 9.95. The quantitative estimate of drug-likeness (QED) is 0.273. The number of nitrogen functional groups attached to an aromatic ring is 1. The van der Waals surface area contributed by atoms with Gasteiger partial charge in [0.15, 0.2) is 0 Å². The number of carbonyl (C=O) groups is 1. The molecule has 2 aromatic carbocycles. The number of aromatic nitrogens is 3. The van der Waals surface area contributed by atoms with Crippen molar-refractivity contribution in [1.82, 2.24) is 14.8 Å². The van der Waals surface area contributed by atoms with Gasteiger partial charge >= 0.3 is 0 Å². The average molecular weight is 505 g/mol. The van der Waals surface area contributed by atoms with Crippen molar-refractivity contribution in [3.05, 3.63) is 84.3 Å². The van der Waals surface area contributed by atoms with Crippen molar-refractivity contribution < 1.29 is 4.79 Å². The van der Waals surface area contributed by atoms with Gasteiger partial charge in [0.05, 0.1) is 17.8 Å². The molecule has 0 atom stereocenters. The van der Waals surface area contributed by atoms with Gasteiger partial charge in [0, 0.05) is 62.4 Å². The summed E-state index contributed by atoms with van der Waals surface area (Å²) < 4.78 is 2.77. The van der Waals surface area contributed by atoms with E-state index >= 15 is 0 Å². The molecule has 5 aromatic rings. The number of nitrogens with zero attached hydrogens (tertiary/aromatic N) is 4. The summed E-state index contributed by atoms with van der Waals surface area (Å²) in [6.07, 6.45) is 5.57. The molecule has 0 spiro atoms. The Bertz CT molecular complexity index is 1740. The van der Waals surface area contributed by atoms with Crippen molar-refractivity contribution in [2.45, 2.75) is 13.8 Å². The fourth-order valence-corrected chi connectivity index (χ4v) is 5.75. The van der Waals surface area contributed by atoms with Gasteiger partial charge in [0.25, 0.3) is 5.91 Å². The number of nitrogens with two attached hydrogens (primary N) is 1. The fourth-order valence-electron chi connectivity index (χ4n) is 4.30. The largest absolute Gasteiger partial charge is 0.383 e. The normalized spacial score (nSPS) is 10.9. The second-order valence-corrected chi connectivity index (χ2v) is 9.94. The second kappa shape index (κ2) is 9.37. The third-order valence-electron chi connectivity index (χ3n) is 6.18. The van der Waals surface area contributed by atoms with E-state index in [1.54, 1.807) is 41.3 Å². The van der Waals surface area contributed by atoms with Gasteiger partial charge in [-0.1, -0.05) is 24.8 Å². The molecular weight excluding hydrogens is 480 g/mol. The maximum Gasteiger partial charge on any atom is 0.250 e. The van der Waals surface area contributed by atoms with Crippen LogP contribution in [0.1, 0.15) is 18.1 Å². The molecule has 182 valence electrons. The minimum absolute atomic E-state index is 0.216. The Morgan fingerprint density at radius 2 is 1.89 bits per heavy atom.